The molecule has 3 aromatic rings. The molecule has 0 aromatic heterocycles. The van der Waals surface area contributed by atoms with Crippen molar-refractivity contribution < 1.29 is 13.2 Å². The second kappa shape index (κ2) is 8.65. The van der Waals surface area contributed by atoms with Gasteiger partial charge in [0.15, 0.2) is 0 Å². The number of fused-ring (bicyclic) bond motifs is 1. The second-order valence-corrected chi connectivity index (χ2v) is 10.4. The standard InChI is InChI=1S/C25H27N3O3S/c29-25(27-20-10-7-17-4-1-2-5-19(17)14-20)24-15-23(24)18-8-11-22(12-9-18)32(30,31)28-21-6-3-13-26-16-21/h1-2,4-5,7-12,14,21,23-24,26,28H,3,6,13,15-16H2,(H,27,29)/t21?,23-,24+/m0/s1. The van der Waals surface area contributed by atoms with Gasteiger partial charge in [-0.3, -0.25) is 4.79 Å². The Bertz CT molecular complexity index is 1230. The molecule has 3 aromatic carbocycles. The zero-order valence-electron chi connectivity index (χ0n) is 17.8. The predicted octanol–water partition coefficient (Wildman–Crippen LogP) is 3.61. The highest BCUT2D eigenvalue weighted by molar-refractivity contribution is 7.89. The van der Waals surface area contributed by atoms with E-state index < -0.39 is 10.0 Å². The SMILES string of the molecule is O=C(Nc1ccc2ccccc2c1)[C@@H]1C[C@H]1c1ccc(S(=O)(=O)NC2CCCNC2)cc1. The lowest BCUT2D eigenvalue weighted by Crippen LogP contribution is -2.45. The van der Waals surface area contributed by atoms with Gasteiger partial charge in [0.05, 0.1) is 4.90 Å². The van der Waals surface area contributed by atoms with Gasteiger partial charge in [0.25, 0.3) is 0 Å². The Balaban J connectivity index is 1.21. The number of hydrogen-bond donors (Lipinski definition) is 3. The molecule has 3 N–H and O–H groups in total. The molecule has 6 nitrogen and oxygen atoms in total. The number of amides is 1. The molecule has 32 heavy (non-hydrogen) atoms. The lowest BCUT2D eigenvalue weighted by molar-refractivity contribution is -0.117. The normalized spacial score (nSPS) is 23.1. The van der Waals surface area contributed by atoms with E-state index in [1.165, 1.54) is 0 Å². The third kappa shape index (κ3) is 4.55. The number of rotatable bonds is 6. The van der Waals surface area contributed by atoms with Crippen LogP contribution in [0.15, 0.2) is 71.6 Å². The van der Waals surface area contributed by atoms with Crippen LogP contribution in [0.1, 0.15) is 30.7 Å². The number of benzene rings is 3. The molecule has 1 saturated heterocycles. The van der Waals surface area contributed by atoms with Crippen LogP contribution in [0.5, 0.6) is 0 Å². The summed E-state index contributed by atoms with van der Waals surface area (Å²) in [7, 11) is -3.54. The van der Waals surface area contributed by atoms with Crippen molar-refractivity contribution in [2.24, 2.45) is 5.92 Å². The quantitative estimate of drug-likeness (QED) is 0.537. The molecule has 1 aliphatic heterocycles. The predicted molar refractivity (Wildman–Crippen MR) is 126 cm³/mol. The molecule has 2 fully saturated rings. The average Bonchev–Trinajstić information content (AvgIpc) is 3.61. The van der Waals surface area contributed by atoms with Crippen molar-refractivity contribution in [1.82, 2.24) is 10.0 Å². The molecule has 7 heteroatoms. The Morgan fingerprint density at radius 1 is 0.969 bits per heavy atom. The molecule has 0 bridgehead atoms. The van der Waals surface area contributed by atoms with Crippen LogP contribution < -0.4 is 15.4 Å². The summed E-state index contributed by atoms with van der Waals surface area (Å²) in [5.41, 5.74) is 1.80. The lowest BCUT2D eigenvalue weighted by atomic mass is 10.1. The fourth-order valence-corrected chi connectivity index (χ4v) is 5.76. The third-order valence-corrected chi connectivity index (χ3v) is 7.92. The van der Waals surface area contributed by atoms with Gasteiger partial charge in [-0.25, -0.2) is 13.1 Å². The van der Waals surface area contributed by atoms with Crippen LogP contribution >= 0.6 is 0 Å². The largest absolute Gasteiger partial charge is 0.326 e. The zero-order valence-corrected chi connectivity index (χ0v) is 18.6. The van der Waals surface area contributed by atoms with E-state index in [4.69, 9.17) is 0 Å². The highest BCUT2D eigenvalue weighted by Crippen LogP contribution is 2.48. The van der Waals surface area contributed by atoms with Gasteiger partial charge in [-0.1, -0.05) is 42.5 Å². The van der Waals surface area contributed by atoms with E-state index >= 15 is 0 Å². The van der Waals surface area contributed by atoms with Crippen LogP contribution in [0, 0.1) is 5.92 Å². The van der Waals surface area contributed by atoms with Crippen LogP contribution in [-0.2, 0) is 14.8 Å². The zero-order chi connectivity index (χ0) is 22.1. The van der Waals surface area contributed by atoms with Gasteiger partial charge in [0.2, 0.25) is 15.9 Å². The first-order valence-electron chi connectivity index (χ1n) is 11.1. The van der Waals surface area contributed by atoms with Gasteiger partial charge in [0, 0.05) is 24.2 Å². The maximum Gasteiger partial charge on any atom is 0.240 e. The maximum atomic E-state index is 12.7. The highest BCUT2D eigenvalue weighted by atomic mass is 32.2. The summed E-state index contributed by atoms with van der Waals surface area (Å²) < 4.78 is 28.1. The molecule has 0 spiro atoms. The van der Waals surface area contributed by atoms with Crippen molar-refractivity contribution >= 4 is 32.4 Å². The van der Waals surface area contributed by atoms with E-state index in [0.717, 1.165) is 47.8 Å². The summed E-state index contributed by atoms with van der Waals surface area (Å²) in [6.45, 7) is 1.59. The van der Waals surface area contributed by atoms with Gasteiger partial charge in [-0.05, 0) is 72.3 Å². The first kappa shape index (κ1) is 21.1. The van der Waals surface area contributed by atoms with E-state index in [2.05, 4.69) is 15.4 Å². The van der Waals surface area contributed by atoms with E-state index in [9.17, 15) is 13.2 Å². The summed E-state index contributed by atoms with van der Waals surface area (Å²) in [6.07, 6.45) is 2.59. The van der Waals surface area contributed by atoms with Gasteiger partial charge in [0.1, 0.15) is 0 Å². The van der Waals surface area contributed by atoms with E-state index in [0.29, 0.717) is 6.54 Å². The van der Waals surface area contributed by atoms with Crippen LogP contribution in [0.25, 0.3) is 10.8 Å². The number of anilines is 1. The van der Waals surface area contributed by atoms with Crippen molar-refractivity contribution in [2.45, 2.75) is 36.1 Å². The van der Waals surface area contributed by atoms with Crippen molar-refractivity contribution in [1.29, 1.82) is 0 Å². The number of piperidine rings is 1. The van der Waals surface area contributed by atoms with Crippen LogP contribution in [0.2, 0.25) is 0 Å². The smallest absolute Gasteiger partial charge is 0.240 e. The molecule has 5 rings (SSSR count). The molecule has 3 atom stereocenters. The molecule has 166 valence electrons. The summed E-state index contributed by atoms with van der Waals surface area (Å²) in [6, 6.07) is 20.9. The first-order chi connectivity index (χ1) is 15.5. The fourth-order valence-electron chi connectivity index (χ4n) is 4.49. The van der Waals surface area contributed by atoms with Crippen molar-refractivity contribution in [3.05, 3.63) is 72.3 Å². The van der Waals surface area contributed by atoms with Gasteiger partial charge < -0.3 is 10.6 Å². The number of sulfonamides is 1. The molecule has 0 radical (unpaired) electrons. The Morgan fingerprint density at radius 3 is 2.50 bits per heavy atom. The Morgan fingerprint density at radius 2 is 1.75 bits per heavy atom. The number of hydrogen-bond acceptors (Lipinski definition) is 4. The summed E-state index contributed by atoms with van der Waals surface area (Å²) in [4.78, 5) is 13.0. The van der Waals surface area contributed by atoms with Crippen LogP contribution in [-0.4, -0.2) is 33.5 Å². The molecule has 1 unspecified atom stereocenters. The van der Waals surface area contributed by atoms with Crippen molar-refractivity contribution in [3.8, 4) is 0 Å². The molecule has 1 saturated carbocycles. The van der Waals surface area contributed by atoms with E-state index in [-0.39, 0.29) is 28.7 Å². The molecular weight excluding hydrogens is 422 g/mol. The minimum absolute atomic E-state index is 0.00782. The molecule has 1 amide bonds. The third-order valence-electron chi connectivity index (χ3n) is 6.38. The Hall–Kier alpha value is -2.74. The van der Waals surface area contributed by atoms with Gasteiger partial charge in [-0.2, -0.15) is 0 Å². The van der Waals surface area contributed by atoms with E-state index in [1.54, 1.807) is 12.1 Å². The second-order valence-electron chi connectivity index (χ2n) is 8.73. The first-order valence-corrected chi connectivity index (χ1v) is 12.6. The summed E-state index contributed by atoms with van der Waals surface area (Å²) >= 11 is 0. The molecule has 1 heterocycles. The van der Waals surface area contributed by atoms with E-state index in [1.807, 2.05) is 54.6 Å². The van der Waals surface area contributed by atoms with Gasteiger partial charge >= 0.3 is 0 Å². The number of carbonyl (C=O) groups excluding carboxylic acids is 1. The molecule has 2 aliphatic rings. The topological polar surface area (TPSA) is 87.3 Å². The minimum Gasteiger partial charge on any atom is -0.326 e. The Labute approximate surface area is 188 Å². The Kier molecular flexibility index (Phi) is 5.71. The summed E-state index contributed by atoms with van der Waals surface area (Å²) in [5.74, 6) is 0.0477. The lowest BCUT2D eigenvalue weighted by Gasteiger charge is -2.23. The monoisotopic (exact) mass is 449 g/mol. The van der Waals surface area contributed by atoms with Crippen molar-refractivity contribution in [2.75, 3.05) is 18.4 Å². The summed E-state index contributed by atoms with van der Waals surface area (Å²) in [5, 5.41) is 8.47. The van der Waals surface area contributed by atoms with Crippen LogP contribution in [0.4, 0.5) is 5.69 Å². The highest BCUT2D eigenvalue weighted by Gasteiger charge is 2.44. The number of carbonyl (C=O) groups is 1. The average molecular weight is 450 g/mol. The fraction of sp³-hybridized carbons (Fsp3) is 0.320. The molecule has 1 aliphatic carbocycles. The molecular formula is C25H27N3O3S. The minimum atomic E-state index is -3.54. The maximum absolute atomic E-state index is 12.7. The van der Waals surface area contributed by atoms with Crippen molar-refractivity contribution in [3.63, 3.8) is 0 Å². The number of nitrogens with one attached hydrogen (secondary N) is 3. The van der Waals surface area contributed by atoms with Gasteiger partial charge in [-0.15, -0.1) is 0 Å². The van der Waals surface area contributed by atoms with Crippen LogP contribution in [0.3, 0.4) is 0 Å².